The van der Waals surface area contributed by atoms with Gasteiger partial charge in [0.1, 0.15) is 0 Å². The van der Waals surface area contributed by atoms with E-state index >= 15 is 0 Å². The Labute approximate surface area is 104 Å². The van der Waals surface area contributed by atoms with E-state index in [1.807, 2.05) is 23.9 Å². The normalized spacial score (nSPS) is 10.5. The zero-order valence-corrected chi connectivity index (χ0v) is 10.7. The van der Waals surface area contributed by atoms with Gasteiger partial charge in [-0.2, -0.15) is 11.8 Å². The van der Waals surface area contributed by atoms with Gasteiger partial charge in [0.25, 0.3) is 0 Å². The molecule has 0 radical (unpaired) electrons. The predicted octanol–water partition coefficient (Wildman–Crippen LogP) is 4.86. The van der Waals surface area contributed by atoms with E-state index in [9.17, 15) is 0 Å². The summed E-state index contributed by atoms with van der Waals surface area (Å²) < 4.78 is 0. The summed E-state index contributed by atoms with van der Waals surface area (Å²) in [5.74, 6) is 2.72. The van der Waals surface area contributed by atoms with Crippen LogP contribution in [0.4, 0.5) is 0 Å². The second-order valence-electron chi connectivity index (χ2n) is 2.83. The Bertz CT molecular complexity index is 289. The van der Waals surface area contributed by atoms with Gasteiger partial charge in [-0.3, -0.25) is 0 Å². The zero-order valence-electron chi connectivity index (χ0n) is 7.60. The van der Waals surface area contributed by atoms with Crippen LogP contribution in [0.25, 0.3) is 0 Å². The first-order chi connectivity index (χ1) is 6.74. The molecule has 0 aliphatic carbocycles. The molecule has 0 bridgehead atoms. The fraction of sp³-hybridized carbons (Fsp3) is 0.400. The Morgan fingerprint density at radius 3 is 2.64 bits per heavy atom. The molecule has 0 nitrogen and oxygen atoms in total. The van der Waals surface area contributed by atoms with E-state index in [0.717, 1.165) is 34.4 Å². The van der Waals surface area contributed by atoms with E-state index in [0.29, 0.717) is 5.02 Å². The highest BCUT2D eigenvalue weighted by molar-refractivity contribution is 7.98. The molecule has 14 heavy (non-hydrogen) atoms. The Kier molecular flexibility index (Phi) is 6.11. The molecule has 1 aromatic rings. The van der Waals surface area contributed by atoms with Crippen LogP contribution >= 0.6 is 46.6 Å². The second kappa shape index (κ2) is 6.84. The van der Waals surface area contributed by atoms with Crippen molar-refractivity contribution in [2.75, 3.05) is 11.6 Å². The molecule has 0 aromatic heterocycles. The van der Waals surface area contributed by atoms with Crippen LogP contribution in [0.3, 0.4) is 0 Å². The van der Waals surface area contributed by atoms with Crippen molar-refractivity contribution in [2.24, 2.45) is 0 Å². The predicted molar refractivity (Wildman–Crippen MR) is 68.0 cm³/mol. The maximum absolute atomic E-state index is 6.02. The first-order valence-corrected chi connectivity index (χ1v) is 6.76. The van der Waals surface area contributed by atoms with Crippen molar-refractivity contribution in [2.45, 2.75) is 12.2 Å². The molecule has 0 fully saturated rings. The number of hydrogen-bond donors (Lipinski definition) is 0. The molecule has 0 unspecified atom stereocenters. The molecule has 4 heteroatoms. The van der Waals surface area contributed by atoms with Crippen molar-refractivity contribution in [3.05, 3.63) is 33.8 Å². The van der Waals surface area contributed by atoms with Crippen molar-refractivity contribution in [3.63, 3.8) is 0 Å². The monoisotopic (exact) mass is 268 g/mol. The molecule has 0 atom stereocenters. The van der Waals surface area contributed by atoms with Crippen LogP contribution in [0.2, 0.25) is 10.0 Å². The summed E-state index contributed by atoms with van der Waals surface area (Å²) in [7, 11) is 0. The fourth-order valence-corrected chi connectivity index (χ4v) is 2.79. The van der Waals surface area contributed by atoms with Gasteiger partial charge in [0, 0.05) is 21.7 Å². The molecular formula is C10H11Cl3S. The third kappa shape index (κ3) is 4.31. The molecule has 0 aliphatic heterocycles. The van der Waals surface area contributed by atoms with E-state index < -0.39 is 0 Å². The minimum atomic E-state index is 0.685. The number of thioether (sulfide) groups is 1. The van der Waals surface area contributed by atoms with Gasteiger partial charge in [-0.05, 0) is 29.9 Å². The summed E-state index contributed by atoms with van der Waals surface area (Å²) in [4.78, 5) is 0. The fourth-order valence-electron chi connectivity index (χ4n) is 0.977. The van der Waals surface area contributed by atoms with Gasteiger partial charge >= 0.3 is 0 Å². The maximum Gasteiger partial charge on any atom is 0.0461 e. The van der Waals surface area contributed by atoms with Crippen LogP contribution in [0, 0.1) is 0 Å². The first kappa shape index (κ1) is 12.5. The summed E-state index contributed by atoms with van der Waals surface area (Å²) in [6, 6.07) is 5.61. The SMILES string of the molecule is ClCCCSCc1ccc(Cl)cc1Cl. The van der Waals surface area contributed by atoms with E-state index in [1.165, 1.54) is 0 Å². The highest BCUT2D eigenvalue weighted by Gasteiger charge is 2.00. The second-order valence-corrected chi connectivity index (χ2v) is 5.16. The minimum Gasteiger partial charge on any atom is -0.157 e. The van der Waals surface area contributed by atoms with Crippen LogP contribution < -0.4 is 0 Å². The molecule has 1 rings (SSSR count). The number of rotatable bonds is 5. The van der Waals surface area contributed by atoms with Crippen molar-refractivity contribution in [1.82, 2.24) is 0 Å². The third-order valence-corrected chi connectivity index (χ3v) is 3.64. The molecule has 1 aromatic carbocycles. The Hall–Kier alpha value is 0.440. The molecule has 0 aliphatic rings. The van der Waals surface area contributed by atoms with Crippen LogP contribution in [0.1, 0.15) is 12.0 Å². The number of benzene rings is 1. The van der Waals surface area contributed by atoms with E-state index in [-0.39, 0.29) is 0 Å². The average molecular weight is 270 g/mol. The summed E-state index contributed by atoms with van der Waals surface area (Å²) in [5, 5.41) is 1.43. The standard InChI is InChI=1S/C10H11Cl3S/c11-4-1-5-14-7-8-2-3-9(12)6-10(8)13/h2-3,6H,1,4-5,7H2. The van der Waals surface area contributed by atoms with Crippen molar-refractivity contribution < 1.29 is 0 Å². The van der Waals surface area contributed by atoms with Crippen molar-refractivity contribution in [3.8, 4) is 0 Å². The molecule has 78 valence electrons. The Morgan fingerprint density at radius 1 is 1.21 bits per heavy atom. The maximum atomic E-state index is 6.02. The van der Waals surface area contributed by atoms with Crippen LogP contribution in [0.5, 0.6) is 0 Å². The molecule has 0 spiro atoms. The van der Waals surface area contributed by atoms with Gasteiger partial charge in [0.15, 0.2) is 0 Å². The van der Waals surface area contributed by atoms with E-state index in [2.05, 4.69) is 0 Å². The smallest absolute Gasteiger partial charge is 0.0461 e. The molecule has 0 saturated heterocycles. The average Bonchev–Trinajstić information content (AvgIpc) is 2.15. The molecule has 0 heterocycles. The highest BCUT2D eigenvalue weighted by atomic mass is 35.5. The zero-order chi connectivity index (χ0) is 10.4. The quantitative estimate of drug-likeness (QED) is 0.543. The van der Waals surface area contributed by atoms with Gasteiger partial charge in [-0.25, -0.2) is 0 Å². The molecule has 0 saturated carbocycles. The lowest BCUT2D eigenvalue weighted by Gasteiger charge is -2.03. The van der Waals surface area contributed by atoms with Crippen LogP contribution in [-0.2, 0) is 5.75 Å². The van der Waals surface area contributed by atoms with Gasteiger partial charge < -0.3 is 0 Å². The lowest BCUT2D eigenvalue weighted by Crippen LogP contribution is -1.86. The van der Waals surface area contributed by atoms with E-state index in [1.54, 1.807) is 6.07 Å². The lowest BCUT2D eigenvalue weighted by molar-refractivity contribution is 1.11. The third-order valence-electron chi connectivity index (χ3n) is 1.69. The summed E-state index contributed by atoms with van der Waals surface area (Å²) >= 11 is 19.2. The summed E-state index contributed by atoms with van der Waals surface area (Å²) in [6.45, 7) is 0. The van der Waals surface area contributed by atoms with Gasteiger partial charge in [0.05, 0.1) is 0 Å². The lowest BCUT2D eigenvalue weighted by atomic mass is 10.2. The highest BCUT2D eigenvalue weighted by Crippen LogP contribution is 2.24. The topological polar surface area (TPSA) is 0 Å². The largest absolute Gasteiger partial charge is 0.157 e. The van der Waals surface area contributed by atoms with Gasteiger partial charge in [-0.1, -0.05) is 29.3 Å². The van der Waals surface area contributed by atoms with E-state index in [4.69, 9.17) is 34.8 Å². The van der Waals surface area contributed by atoms with Crippen molar-refractivity contribution >= 4 is 46.6 Å². The van der Waals surface area contributed by atoms with Crippen LogP contribution in [0.15, 0.2) is 18.2 Å². The Morgan fingerprint density at radius 2 is 2.00 bits per heavy atom. The summed E-state index contributed by atoms with van der Waals surface area (Å²) in [6.07, 6.45) is 1.04. The molecule has 0 amide bonds. The minimum absolute atomic E-state index is 0.685. The first-order valence-electron chi connectivity index (χ1n) is 4.31. The van der Waals surface area contributed by atoms with Gasteiger partial charge in [0.2, 0.25) is 0 Å². The number of alkyl halides is 1. The number of halogens is 3. The van der Waals surface area contributed by atoms with Gasteiger partial charge in [-0.15, -0.1) is 11.6 Å². The number of hydrogen-bond acceptors (Lipinski definition) is 1. The molecular weight excluding hydrogens is 259 g/mol. The van der Waals surface area contributed by atoms with Crippen LogP contribution in [-0.4, -0.2) is 11.6 Å². The summed E-state index contributed by atoms with van der Waals surface area (Å²) in [5.41, 5.74) is 1.13. The van der Waals surface area contributed by atoms with Crippen molar-refractivity contribution in [1.29, 1.82) is 0 Å². The Balaban J connectivity index is 2.42. The molecule has 0 N–H and O–H groups in total.